The van der Waals surface area contributed by atoms with Crippen LogP contribution >= 0.6 is 0 Å². The van der Waals surface area contributed by atoms with Gasteiger partial charge in [-0.2, -0.15) is 5.26 Å². The Morgan fingerprint density at radius 1 is 1.55 bits per heavy atom. The fourth-order valence-corrected chi connectivity index (χ4v) is 1.70. The molecule has 0 atom stereocenters. The predicted octanol–water partition coefficient (Wildman–Crippen LogP) is 2.61. The van der Waals surface area contributed by atoms with Crippen molar-refractivity contribution in [1.29, 1.82) is 5.26 Å². The number of ether oxygens (including phenoxy) is 1. The molecule has 0 aromatic heterocycles. The number of rotatable bonds is 4. The van der Waals surface area contributed by atoms with Gasteiger partial charge in [0.15, 0.2) is 0 Å². The number of nitriles is 1. The first-order chi connectivity index (χ1) is 9.37. The Labute approximate surface area is 118 Å². The fraction of sp³-hybridized carbons (Fsp3) is 0.333. The summed E-state index contributed by atoms with van der Waals surface area (Å²) >= 11 is 0. The van der Waals surface area contributed by atoms with Crippen molar-refractivity contribution >= 4 is 11.8 Å². The predicted molar refractivity (Wildman–Crippen MR) is 75.8 cm³/mol. The van der Waals surface area contributed by atoms with Crippen LogP contribution < -0.4 is 9.64 Å². The molecule has 0 aliphatic rings. The highest BCUT2D eigenvalue weighted by Gasteiger charge is 2.24. The first-order valence-corrected chi connectivity index (χ1v) is 5.91. The summed E-state index contributed by atoms with van der Waals surface area (Å²) in [7, 11) is 1.44. The Morgan fingerprint density at radius 2 is 2.20 bits per heavy atom. The highest BCUT2D eigenvalue weighted by molar-refractivity contribution is 5.88. The third kappa shape index (κ3) is 3.02. The maximum Gasteiger partial charge on any atom is 0.412 e. The summed E-state index contributed by atoms with van der Waals surface area (Å²) < 4.78 is 5.22. The van der Waals surface area contributed by atoms with Gasteiger partial charge in [-0.05, 0) is 31.5 Å². The number of carboxylic acid groups (broad SMARTS) is 1. The van der Waals surface area contributed by atoms with Crippen LogP contribution in [0.15, 0.2) is 18.2 Å². The molecule has 0 spiro atoms. The van der Waals surface area contributed by atoms with Crippen LogP contribution in [0.4, 0.5) is 10.5 Å². The molecule has 1 rings (SSSR count). The van der Waals surface area contributed by atoms with E-state index in [1.54, 1.807) is 32.0 Å². The molecule has 20 heavy (non-hydrogen) atoms. The Kier molecular flexibility index (Phi) is 4.61. The summed E-state index contributed by atoms with van der Waals surface area (Å²) in [5.41, 5.74) is 0.411. The van der Waals surface area contributed by atoms with E-state index in [2.05, 4.69) is 12.0 Å². The van der Waals surface area contributed by atoms with Crippen LogP contribution in [-0.2, 0) is 5.41 Å². The van der Waals surface area contributed by atoms with Gasteiger partial charge in [-0.1, -0.05) is 12.0 Å². The standard InChI is InChI=1S/C15H16N2O3/c1-5-8-17(14(18)19)12-7-6-11(9-13(12)20-4)15(2,3)10-16/h1,6-7,9H,8H2,2-4H3,(H,18,19). The smallest absolute Gasteiger partial charge is 0.412 e. The van der Waals surface area contributed by atoms with Crippen molar-refractivity contribution in [1.82, 2.24) is 0 Å². The molecule has 5 heteroatoms. The van der Waals surface area contributed by atoms with Gasteiger partial charge >= 0.3 is 6.09 Å². The minimum absolute atomic E-state index is 0.0767. The Balaban J connectivity index is 3.35. The highest BCUT2D eigenvalue weighted by atomic mass is 16.5. The topological polar surface area (TPSA) is 73.6 Å². The molecule has 0 bridgehead atoms. The van der Waals surface area contributed by atoms with Crippen LogP contribution in [0, 0.1) is 23.7 Å². The molecule has 0 fully saturated rings. The molecule has 104 valence electrons. The molecule has 1 aromatic carbocycles. The van der Waals surface area contributed by atoms with E-state index in [9.17, 15) is 9.90 Å². The van der Waals surface area contributed by atoms with Gasteiger partial charge in [0.2, 0.25) is 0 Å². The van der Waals surface area contributed by atoms with E-state index in [0.717, 1.165) is 10.5 Å². The van der Waals surface area contributed by atoms with Gasteiger partial charge in [-0.15, -0.1) is 6.42 Å². The second-order valence-electron chi connectivity index (χ2n) is 4.70. The first-order valence-electron chi connectivity index (χ1n) is 5.91. The third-order valence-electron chi connectivity index (χ3n) is 2.95. The largest absolute Gasteiger partial charge is 0.495 e. The Morgan fingerprint density at radius 3 is 2.65 bits per heavy atom. The summed E-state index contributed by atoms with van der Waals surface area (Å²) in [5.74, 6) is 2.66. The zero-order valence-electron chi connectivity index (χ0n) is 11.7. The average molecular weight is 272 g/mol. The SMILES string of the molecule is C#CCN(C(=O)O)c1ccc(C(C)(C)C#N)cc1OC. The molecule has 0 saturated heterocycles. The number of hydrogen-bond acceptors (Lipinski definition) is 3. The molecule has 5 nitrogen and oxygen atoms in total. The molecule has 0 saturated carbocycles. The summed E-state index contributed by atoms with van der Waals surface area (Å²) in [6, 6.07) is 7.14. The molecular weight excluding hydrogens is 256 g/mol. The number of methoxy groups -OCH3 is 1. The van der Waals surface area contributed by atoms with Gasteiger partial charge in [0.1, 0.15) is 5.75 Å². The summed E-state index contributed by atoms with van der Waals surface area (Å²) in [5, 5.41) is 18.3. The lowest BCUT2D eigenvalue weighted by atomic mass is 9.86. The fourth-order valence-electron chi connectivity index (χ4n) is 1.70. The second-order valence-corrected chi connectivity index (χ2v) is 4.70. The van der Waals surface area contributed by atoms with Crippen LogP contribution in [0.3, 0.4) is 0 Å². The van der Waals surface area contributed by atoms with Crippen LogP contribution in [0.5, 0.6) is 5.75 Å². The van der Waals surface area contributed by atoms with E-state index in [-0.39, 0.29) is 6.54 Å². The molecule has 1 aromatic rings. The van der Waals surface area contributed by atoms with Crippen molar-refractivity contribution in [3.8, 4) is 24.2 Å². The number of carbonyl (C=O) groups is 1. The quantitative estimate of drug-likeness (QED) is 0.855. The van der Waals surface area contributed by atoms with Crippen LogP contribution in [0.2, 0.25) is 0 Å². The summed E-state index contributed by atoms with van der Waals surface area (Å²) in [4.78, 5) is 12.2. The van der Waals surface area contributed by atoms with Gasteiger partial charge in [0.25, 0.3) is 0 Å². The summed E-state index contributed by atoms with van der Waals surface area (Å²) in [6.07, 6.45) is 4.02. The molecular formula is C15H16N2O3. The van der Waals surface area contributed by atoms with Crippen molar-refractivity contribution < 1.29 is 14.6 Å². The second kappa shape index (κ2) is 5.99. The van der Waals surface area contributed by atoms with Gasteiger partial charge in [0.05, 0.1) is 30.8 Å². The zero-order valence-corrected chi connectivity index (χ0v) is 11.7. The van der Waals surface area contributed by atoms with Crippen molar-refractivity contribution in [2.45, 2.75) is 19.3 Å². The van der Waals surface area contributed by atoms with Crippen LogP contribution in [-0.4, -0.2) is 24.9 Å². The maximum atomic E-state index is 11.2. The van der Waals surface area contributed by atoms with Gasteiger partial charge in [-0.25, -0.2) is 4.79 Å². The van der Waals surface area contributed by atoms with E-state index in [4.69, 9.17) is 16.4 Å². The van der Waals surface area contributed by atoms with E-state index >= 15 is 0 Å². The van der Waals surface area contributed by atoms with Gasteiger partial charge < -0.3 is 9.84 Å². The third-order valence-corrected chi connectivity index (χ3v) is 2.95. The Hall–Kier alpha value is -2.66. The van der Waals surface area contributed by atoms with E-state index in [1.165, 1.54) is 7.11 Å². The van der Waals surface area contributed by atoms with Gasteiger partial charge in [0, 0.05) is 0 Å². The maximum absolute atomic E-state index is 11.2. The van der Waals surface area contributed by atoms with Crippen molar-refractivity contribution in [2.24, 2.45) is 0 Å². The van der Waals surface area contributed by atoms with E-state index in [0.29, 0.717) is 11.4 Å². The number of terminal acetylenes is 1. The van der Waals surface area contributed by atoms with E-state index in [1.807, 2.05) is 0 Å². The molecule has 0 unspecified atom stereocenters. The Bertz CT molecular complexity index is 594. The number of hydrogen-bond donors (Lipinski definition) is 1. The zero-order chi connectivity index (χ0) is 15.3. The molecule has 0 radical (unpaired) electrons. The van der Waals surface area contributed by atoms with Crippen LogP contribution in [0.1, 0.15) is 19.4 Å². The first kappa shape index (κ1) is 15.4. The minimum Gasteiger partial charge on any atom is -0.495 e. The lowest BCUT2D eigenvalue weighted by molar-refractivity contribution is 0.202. The van der Waals surface area contributed by atoms with Crippen LogP contribution in [0.25, 0.3) is 0 Å². The lowest BCUT2D eigenvalue weighted by Gasteiger charge is -2.22. The molecule has 0 aliphatic carbocycles. The van der Waals surface area contributed by atoms with E-state index < -0.39 is 11.5 Å². The molecule has 0 heterocycles. The molecule has 1 amide bonds. The summed E-state index contributed by atoms with van der Waals surface area (Å²) in [6.45, 7) is 3.47. The average Bonchev–Trinajstić information content (AvgIpc) is 2.43. The molecule has 1 N–H and O–H groups in total. The monoisotopic (exact) mass is 272 g/mol. The highest BCUT2D eigenvalue weighted by Crippen LogP contribution is 2.33. The minimum atomic E-state index is -1.16. The number of benzene rings is 1. The number of nitrogens with zero attached hydrogens (tertiary/aromatic N) is 2. The van der Waals surface area contributed by atoms with Gasteiger partial charge in [-0.3, -0.25) is 4.90 Å². The number of amides is 1. The molecule has 0 aliphatic heterocycles. The van der Waals surface area contributed by atoms with Crippen molar-refractivity contribution in [3.05, 3.63) is 23.8 Å². The lowest BCUT2D eigenvalue weighted by Crippen LogP contribution is -2.30. The normalized spacial score (nSPS) is 10.2. The van der Waals surface area contributed by atoms with Crippen molar-refractivity contribution in [3.63, 3.8) is 0 Å². The number of anilines is 1. The van der Waals surface area contributed by atoms with Crippen molar-refractivity contribution in [2.75, 3.05) is 18.6 Å².